The molecular weight excluding hydrogens is 230 g/mol. The van der Waals surface area contributed by atoms with Crippen molar-refractivity contribution in [2.45, 2.75) is 45.4 Å². The molecule has 15 heavy (non-hydrogen) atoms. The summed E-state index contributed by atoms with van der Waals surface area (Å²) in [5.41, 5.74) is 0. The van der Waals surface area contributed by atoms with Crippen LogP contribution in [0.5, 0.6) is 0 Å². The molecule has 0 saturated carbocycles. The van der Waals surface area contributed by atoms with Gasteiger partial charge in [-0.15, -0.1) is 0 Å². The number of hydrogen-bond donors (Lipinski definition) is 0. The molecule has 0 aromatic carbocycles. The summed E-state index contributed by atoms with van der Waals surface area (Å²) in [6.07, 6.45) is 6.50. The largest absolute Gasteiger partial charge is 0.227 e. The Hall–Kier alpha value is -0.250. The molecule has 0 amide bonds. The van der Waals surface area contributed by atoms with Crippen LogP contribution in [0.4, 0.5) is 0 Å². The monoisotopic (exact) mass is 249 g/mol. The van der Waals surface area contributed by atoms with Crippen molar-refractivity contribution in [2.75, 3.05) is 11.6 Å². The molecule has 88 valence electrons. The third kappa shape index (κ3) is 10.0. The number of hydrogen-bond acceptors (Lipinski definition) is 4. The lowest BCUT2D eigenvalue weighted by Crippen LogP contribution is -2.09. The molecule has 0 N–H and O–H groups in total. The minimum atomic E-state index is -3.03. The molecule has 0 heterocycles. The average Bonchev–Trinajstić information content (AvgIpc) is 2.20. The normalized spacial score (nSPS) is 11.0. The van der Waals surface area contributed by atoms with E-state index >= 15 is 0 Å². The van der Waals surface area contributed by atoms with Crippen molar-refractivity contribution in [1.29, 1.82) is 0 Å². The van der Waals surface area contributed by atoms with Crippen LogP contribution in [0.25, 0.3) is 0 Å². The van der Waals surface area contributed by atoms with Crippen LogP contribution in [-0.4, -0.2) is 25.2 Å². The van der Waals surface area contributed by atoms with Gasteiger partial charge in [0.05, 0.1) is 10.9 Å². The first-order chi connectivity index (χ1) is 7.12. The molecular formula is C10H19NO2S2. The van der Waals surface area contributed by atoms with E-state index < -0.39 is 9.84 Å². The highest BCUT2D eigenvalue weighted by atomic mass is 32.2. The maximum atomic E-state index is 11.3. The fourth-order valence-corrected chi connectivity index (χ4v) is 2.47. The molecule has 0 atom stereocenters. The van der Waals surface area contributed by atoms with Crippen LogP contribution >= 0.6 is 12.2 Å². The maximum absolute atomic E-state index is 11.3. The molecule has 0 radical (unpaired) electrons. The molecule has 0 aliphatic rings. The zero-order chi connectivity index (χ0) is 11.6. The molecule has 0 spiro atoms. The molecule has 5 heteroatoms. The quantitative estimate of drug-likeness (QED) is 0.358. The lowest BCUT2D eigenvalue weighted by atomic mass is 10.1. The van der Waals surface area contributed by atoms with Gasteiger partial charge in [-0.2, -0.15) is 0 Å². The molecule has 0 aliphatic carbocycles. The Morgan fingerprint density at radius 2 is 1.73 bits per heavy atom. The van der Waals surface area contributed by atoms with E-state index in [1.165, 1.54) is 19.3 Å². The predicted octanol–water partition coefficient (Wildman–Crippen LogP) is 2.82. The van der Waals surface area contributed by atoms with Crippen molar-refractivity contribution in [1.82, 2.24) is 0 Å². The summed E-state index contributed by atoms with van der Waals surface area (Å²) < 4.78 is 22.6. The number of nitrogens with zero attached hydrogens (tertiary/aromatic N) is 1. The Morgan fingerprint density at radius 3 is 2.33 bits per heavy atom. The van der Waals surface area contributed by atoms with E-state index in [1.54, 1.807) is 0 Å². The van der Waals surface area contributed by atoms with Crippen LogP contribution < -0.4 is 0 Å². The molecule has 0 rings (SSSR count). The average molecular weight is 249 g/mol. The first kappa shape index (κ1) is 14.8. The minimum Gasteiger partial charge on any atom is -0.227 e. The zero-order valence-electron chi connectivity index (χ0n) is 9.24. The van der Waals surface area contributed by atoms with Gasteiger partial charge in [-0.05, 0) is 18.6 Å². The Labute approximate surface area is 97.9 Å². The fourth-order valence-electron chi connectivity index (χ4n) is 1.29. The number of unbranched alkanes of at least 4 members (excludes halogenated alkanes) is 5. The van der Waals surface area contributed by atoms with Crippen molar-refractivity contribution in [3.05, 3.63) is 0 Å². The summed E-state index contributed by atoms with van der Waals surface area (Å²) in [5.74, 6) is 0.0189. The molecule has 0 unspecified atom stereocenters. The van der Waals surface area contributed by atoms with E-state index in [2.05, 4.69) is 29.3 Å². The lowest BCUT2D eigenvalue weighted by Gasteiger charge is -2.00. The highest BCUT2D eigenvalue weighted by Crippen LogP contribution is 2.06. The number of aliphatic imine (C=N–C) groups is 1. The van der Waals surface area contributed by atoms with Gasteiger partial charge in [0.15, 0.2) is 15.7 Å². The third-order valence-electron chi connectivity index (χ3n) is 2.13. The summed E-state index contributed by atoms with van der Waals surface area (Å²) in [6.45, 7) is 2.16. The first-order valence-corrected chi connectivity index (χ1v) is 7.59. The highest BCUT2D eigenvalue weighted by Gasteiger charge is 2.08. The van der Waals surface area contributed by atoms with Crippen molar-refractivity contribution < 1.29 is 8.42 Å². The Kier molecular flexibility index (Phi) is 8.86. The van der Waals surface area contributed by atoms with Gasteiger partial charge in [0.1, 0.15) is 0 Å². The lowest BCUT2D eigenvalue weighted by molar-refractivity contribution is 0.584. The van der Waals surface area contributed by atoms with E-state index in [1.807, 2.05) is 0 Å². The van der Waals surface area contributed by atoms with Gasteiger partial charge in [-0.3, -0.25) is 0 Å². The van der Waals surface area contributed by atoms with Crippen LogP contribution in [0.1, 0.15) is 45.4 Å². The van der Waals surface area contributed by atoms with E-state index in [0.29, 0.717) is 0 Å². The summed E-state index contributed by atoms with van der Waals surface area (Å²) in [6, 6.07) is 0. The third-order valence-corrected chi connectivity index (χ3v) is 3.70. The first-order valence-electron chi connectivity index (χ1n) is 5.36. The van der Waals surface area contributed by atoms with Crippen LogP contribution in [0, 0.1) is 0 Å². The molecule has 0 aromatic heterocycles. The molecule has 0 aliphatic heterocycles. The van der Waals surface area contributed by atoms with Crippen LogP contribution in [0.3, 0.4) is 0 Å². The van der Waals surface area contributed by atoms with Crippen molar-refractivity contribution >= 4 is 27.2 Å². The topological polar surface area (TPSA) is 46.5 Å². The number of sulfone groups is 1. The highest BCUT2D eigenvalue weighted by molar-refractivity contribution is 7.91. The van der Waals surface area contributed by atoms with Gasteiger partial charge in [-0.25, -0.2) is 13.4 Å². The second-order valence-electron chi connectivity index (χ2n) is 3.59. The van der Waals surface area contributed by atoms with E-state index in [-0.39, 0.29) is 11.6 Å². The smallest absolute Gasteiger partial charge is 0.171 e. The van der Waals surface area contributed by atoms with E-state index in [4.69, 9.17) is 0 Å². The summed E-state index contributed by atoms with van der Waals surface area (Å²) >= 11 is 4.32. The standard InChI is InChI=1S/C10H19NO2S2/c1-2-3-4-5-6-7-8-15(12,13)10-11-9-14/h2-8,10H2,1H3. The number of isothiocyanates is 1. The molecule has 0 fully saturated rings. The minimum absolute atomic E-state index is 0.203. The van der Waals surface area contributed by atoms with Gasteiger partial charge >= 0.3 is 0 Å². The Balaban J connectivity index is 3.53. The number of thiocarbonyl (C=S) groups is 1. The van der Waals surface area contributed by atoms with E-state index in [0.717, 1.165) is 19.3 Å². The van der Waals surface area contributed by atoms with Crippen molar-refractivity contribution in [2.24, 2.45) is 4.99 Å². The fraction of sp³-hybridized carbons (Fsp3) is 0.900. The molecule has 0 saturated heterocycles. The van der Waals surface area contributed by atoms with Gasteiger partial charge in [0.25, 0.3) is 0 Å². The van der Waals surface area contributed by atoms with Gasteiger partial charge < -0.3 is 0 Å². The van der Waals surface area contributed by atoms with Gasteiger partial charge in [0.2, 0.25) is 0 Å². The SMILES string of the molecule is CCCCCCCCS(=O)(=O)CN=C=S. The molecule has 0 aromatic rings. The Bertz CT molecular complexity index is 293. The second kappa shape index (κ2) is 9.01. The van der Waals surface area contributed by atoms with Crippen LogP contribution in [0.15, 0.2) is 4.99 Å². The number of rotatable bonds is 9. The van der Waals surface area contributed by atoms with Crippen molar-refractivity contribution in [3.8, 4) is 0 Å². The molecule has 0 bridgehead atoms. The zero-order valence-corrected chi connectivity index (χ0v) is 10.9. The molecule has 3 nitrogen and oxygen atoms in total. The second-order valence-corrected chi connectivity index (χ2v) is 5.93. The predicted molar refractivity (Wildman–Crippen MR) is 67.1 cm³/mol. The van der Waals surface area contributed by atoms with Gasteiger partial charge in [-0.1, -0.05) is 39.0 Å². The van der Waals surface area contributed by atoms with E-state index in [9.17, 15) is 8.42 Å². The maximum Gasteiger partial charge on any atom is 0.171 e. The Morgan fingerprint density at radius 1 is 1.13 bits per heavy atom. The summed E-state index contributed by atoms with van der Waals surface area (Å²) in [4.78, 5) is 3.45. The van der Waals surface area contributed by atoms with Crippen LogP contribution in [-0.2, 0) is 9.84 Å². The van der Waals surface area contributed by atoms with Gasteiger partial charge in [0, 0.05) is 0 Å². The van der Waals surface area contributed by atoms with Crippen molar-refractivity contribution in [3.63, 3.8) is 0 Å². The summed E-state index contributed by atoms with van der Waals surface area (Å²) in [7, 11) is -3.03. The summed E-state index contributed by atoms with van der Waals surface area (Å²) in [5, 5.41) is 2.07. The van der Waals surface area contributed by atoms with Crippen LogP contribution in [0.2, 0.25) is 0 Å².